The molecule has 1 N–H and O–H groups in total. The number of nitrogens with zero attached hydrogens (tertiary/aromatic N) is 1. The highest BCUT2D eigenvalue weighted by Gasteiger charge is 2.17. The molecule has 0 unspecified atom stereocenters. The summed E-state index contributed by atoms with van der Waals surface area (Å²) in [7, 11) is 1.54. The second-order valence-electron chi connectivity index (χ2n) is 3.38. The normalized spacial score (nSPS) is 10.0. The summed E-state index contributed by atoms with van der Waals surface area (Å²) in [6, 6.07) is 1.66. The van der Waals surface area contributed by atoms with Crippen LogP contribution in [0, 0.1) is 0 Å². The topological polar surface area (TPSA) is 66.8 Å². The van der Waals surface area contributed by atoms with Crippen molar-refractivity contribution in [3.05, 3.63) is 16.3 Å². The summed E-state index contributed by atoms with van der Waals surface area (Å²) >= 11 is 1.30. The van der Waals surface area contributed by atoms with Crippen molar-refractivity contribution in [1.82, 2.24) is 4.90 Å². The minimum atomic E-state index is -0.903. The minimum absolute atomic E-state index is 0.0396. The number of thiophene rings is 1. The monoisotopic (exact) mass is 257 g/mol. The Bertz CT molecular complexity index is 402. The number of carboxylic acid groups (broad SMARTS) is 1. The van der Waals surface area contributed by atoms with Gasteiger partial charge in [0.2, 0.25) is 0 Å². The third-order valence-electron chi connectivity index (χ3n) is 2.29. The molecule has 0 aliphatic rings. The van der Waals surface area contributed by atoms with Crippen LogP contribution in [0.4, 0.5) is 0 Å². The highest BCUT2D eigenvalue weighted by atomic mass is 32.1. The fraction of sp³-hybridized carbons (Fsp3) is 0.455. The molecule has 0 saturated heterocycles. The van der Waals surface area contributed by atoms with Gasteiger partial charge in [0.05, 0.1) is 18.4 Å². The maximum atomic E-state index is 12.0. The van der Waals surface area contributed by atoms with Gasteiger partial charge in [0.25, 0.3) is 5.91 Å². The van der Waals surface area contributed by atoms with E-state index in [0.29, 0.717) is 17.2 Å². The zero-order chi connectivity index (χ0) is 12.8. The van der Waals surface area contributed by atoms with E-state index in [4.69, 9.17) is 9.84 Å². The molecule has 1 aromatic heterocycles. The number of hydrogen-bond donors (Lipinski definition) is 1. The van der Waals surface area contributed by atoms with Gasteiger partial charge in [0.15, 0.2) is 0 Å². The number of carboxylic acids is 1. The summed E-state index contributed by atoms with van der Waals surface area (Å²) < 4.78 is 5.00. The maximum absolute atomic E-state index is 12.0. The van der Waals surface area contributed by atoms with Crippen molar-refractivity contribution >= 4 is 23.2 Å². The van der Waals surface area contributed by atoms with Gasteiger partial charge in [-0.05, 0) is 6.92 Å². The quantitative estimate of drug-likeness (QED) is 0.842. The Morgan fingerprint density at radius 1 is 1.53 bits per heavy atom. The molecule has 0 saturated carbocycles. The Kier molecular flexibility index (Phi) is 4.96. The van der Waals surface area contributed by atoms with E-state index in [0.717, 1.165) is 0 Å². The molecule has 0 spiro atoms. The molecule has 0 aliphatic heterocycles. The van der Waals surface area contributed by atoms with Crippen molar-refractivity contribution in [1.29, 1.82) is 0 Å². The number of rotatable bonds is 6. The maximum Gasteiger partial charge on any atom is 0.305 e. The van der Waals surface area contributed by atoms with Crippen molar-refractivity contribution in [2.75, 3.05) is 20.2 Å². The van der Waals surface area contributed by atoms with Crippen molar-refractivity contribution in [2.24, 2.45) is 0 Å². The number of hydrogen-bond acceptors (Lipinski definition) is 4. The fourth-order valence-corrected chi connectivity index (χ4v) is 2.15. The van der Waals surface area contributed by atoms with E-state index < -0.39 is 5.97 Å². The van der Waals surface area contributed by atoms with Gasteiger partial charge >= 0.3 is 5.97 Å². The zero-order valence-electron chi connectivity index (χ0n) is 9.80. The van der Waals surface area contributed by atoms with Crippen LogP contribution in [-0.4, -0.2) is 42.1 Å². The van der Waals surface area contributed by atoms with Crippen LogP contribution in [0.25, 0.3) is 0 Å². The summed E-state index contributed by atoms with van der Waals surface area (Å²) in [5.41, 5.74) is 0. The lowest BCUT2D eigenvalue weighted by molar-refractivity contribution is -0.137. The molecule has 1 rings (SSSR count). The van der Waals surface area contributed by atoms with E-state index in [1.807, 2.05) is 6.92 Å². The smallest absolute Gasteiger partial charge is 0.305 e. The van der Waals surface area contributed by atoms with Crippen LogP contribution in [0.2, 0.25) is 0 Å². The van der Waals surface area contributed by atoms with E-state index in [1.165, 1.54) is 16.2 Å². The number of carbonyl (C=O) groups is 2. The average Bonchev–Trinajstić information content (AvgIpc) is 2.77. The molecule has 0 fully saturated rings. The third-order valence-corrected chi connectivity index (χ3v) is 3.18. The Labute approximate surface area is 104 Å². The van der Waals surface area contributed by atoms with Crippen molar-refractivity contribution < 1.29 is 19.4 Å². The first kappa shape index (κ1) is 13.5. The number of methoxy groups -OCH3 is 1. The van der Waals surface area contributed by atoms with Crippen LogP contribution in [0.3, 0.4) is 0 Å². The molecule has 17 heavy (non-hydrogen) atoms. The molecule has 6 heteroatoms. The van der Waals surface area contributed by atoms with E-state index in [1.54, 1.807) is 18.6 Å². The van der Waals surface area contributed by atoms with Crippen LogP contribution < -0.4 is 4.74 Å². The third kappa shape index (κ3) is 3.74. The lowest BCUT2D eigenvalue weighted by atomic mass is 10.3. The summed E-state index contributed by atoms with van der Waals surface area (Å²) in [4.78, 5) is 24.6. The summed E-state index contributed by atoms with van der Waals surface area (Å²) in [5.74, 6) is -0.408. The van der Waals surface area contributed by atoms with Gasteiger partial charge in [-0.15, -0.1) is 11.3 Å². The molecular weight excluding hydrogens is 242 g/mol. The Morgan fingerprint density at radius 3 is 2.71 bits per heavy atom. The van der Waals surface area contributed by atoms with E-state index in [2.05, 4.69) is 0 Å². The lowest BCUT2D eigenvalue weighted by Crippen LogP contribution is -2.32. The predicted octanol–water partition coefficient (Wildman–Crippen LogP) is 1.69. The van der Waals surface area contributed by atoms with Gasteiger partial charge in [0, 0.05) is 24.5 Å². The van der Waals surface area contributed by atoms with E-state index in [-0.39, 0.29) is 18.9 Å². The summed E-state index contributed by atoms with van der Waals surface area (Å²) in [5, 5.41) is 10.3. The van der Waals surface area contributed by atoms with Gasteiger partial charge in [0.1, 0.15) is 5.75 Å². The first-order valence-corrected chi connectivity index (χ1v) is 6.10. The van der Waals surface area contributed by atoms with E-state index in [9.17, 15) is 9.59 Å². The predicted molar refractivity (Wildman–Crippen MR) is 64.7 cm³/mol. The molecule has 1 aromatic rings. The second-order valence-corrected chi connectivity index (χ2v) is 4.29. The van der Waals surface area contributed by atoms with Crippen LogP contribution in [0.1, 0.15) is 23.0 Å². The fourth-order valence-electron chi connectivity index (χ4n) is 1.33. The molecule has 1 heterocycles. The first-order chi connectivity index (χ1) is 8.08. The SMILES string of the molecule is CCN(CCC(=O)O)C(=O)c1cc(OC)cs1. The van der Waals surface area contributed by atoms with Crippen LogP contribution in [-0.2, 0) is 4.79 Å². The summed E-state index contributed by atoms with van der Waals surface area (Å²) in [6.45, 7) is 2.54. The van der Waals surface area contributed by atoms with Gasteiger partial charge < -0.3 is 14.7 Å². The number of aliphatic carboxylic acids is 1. The Hall–Kier alpha value is -1.56. The number of amides is 1. The molecule has 5 nitrogen and oxygen atoms in total. The Morgan fingerprint density at radius 2 is 2.24 bits per heavy atom. The van der Waals surface area contributed by atoms with Crippen LogP contribution in [0.15, 0.2) is 11.4 Å². The number of ether oxygens (including phenoxy) is 1. The molecule has 0 aliphatic carbocycles. The highest BCUT2D eigenvalue weighted by molar-refractivity contribution is 7.12. The van der Waals surface area contributed by atoms with Gasteiger partial charge in [-0.25, -0.2) is 0 Å². The standard InChI is InChI=1S/C11H15NO4S/c1-3-12(5-4-10(13)14)11(15)9-6-8(16-2)7-17-9/h6-7H,3-5H2,1-2H3,(H,13,14). The van der Waals surface area contributed by atoms with Crippen LogP contribution in [0.5, 0.6) is 5.75 Å². The average molecular weight is 257 g/mol. The van der Waals surface area contributed by atoms with Gasteiger partial charge in [-0.2, -0.15) is 0 Å². The van der Waals surface area contributed by atoms with Crippen molar-refractivity contribution in [3.8, 4) is 5.75 Å². The van der Waals surface area contributed by atoms with Crippen molar-refractivity contribution in [2.45, 2.75) is 13.3 Å². The minimum Gasteiger partial charge on any atom is -0.496 e. The molecular formula is C11H15NO4S. The molecule has 94 valence electrons. The molecule has 0 bridgehead atoms. The molecule has 1 amide bonds. The zero-order valence-corrected chi connectivity index (χ0v) is 10.6. The Balaban J connectivity index is 2.68. The highest BCUT2D eigenvalue weighted by Crippen LogP contribution is 2.22. The van der Waals surface area contributed by atoms with Crippen molar-refractivity contribution in [3.63, 3.8) is 0 Å². The van der Waals surface area contributed by atoms with Gasteiger partial charge in [-0.1, -0.05) is 0 Å². The number of carbonyl (C=O) groups excluding carboxylic acids is 1. The molecule has 0 radical (unpaired) electrons. The van der Waals surface area contributed by atoms with Gasteiger partial charge in [-0.3, -0.25) is 9.59 Å². The second kappa shape index (κ2) is 6.24. The van der Waals surface area contributed by atoms with Crippen LogP contribution >= 0.6 is 11.3 Å². The first-order valence-electron chi connectivity index (χ1n) is 5.22. The molecule has 0 atom stereocenters. The largest absolute Gasteiger partial charge is 0.496 e. The summed E-state index contributed by atoms with van der Waals surface area (Å²) in [6.07, 6.45) is -0.0396. The molecule has 0 aromatic carbocycles. The van der Waals surface area contributed by atoms with E-state index >= 15 is 0 Å². The lowest BCUT2D eigenvalue weighted by Gasteiger charge is -2.18.